The molecule has 129 heavy (non-hydrogen) atoms. The van der Waals surface area contributed by atoms with Gasteiger partial charge in [-0.3, -0.25) is 0 Å². The molecule has 0 aliphatic rings. The van der Waals surface area contributed by atoms with E-state index in [2.05, 4.69) is 123 Å². The number of aliphatic hydroxyl groups excluding tert-OH is 2. The lowest BCUT2D eigenvalue weighted by Gasteiger charge is -2.02. The Kier molecular flexibility index (Phi) is 41.4. The van der Waals surface area contributed by atoms with Gasteiger partial charge in [0.05, 0.1) is 180 Å². The third-order valence-corrected chi connectivity index (χ3v) is 17.5. The highest BCUT2D eigenvalue weighted by Gasteiger charge is 2.14. The molecule has 12 aromatic heterocycles. The summed E-state index contributed by atoms with van der Waals surface area (Å²) >= 11 is 0. The first-order chi connectivity index (χ1) is 62.3. The van der Waals surface area contributed by atoms with Crippen molar-refractivity contribution in [3.8, 4) is 23.0 Å². The van der Waals surface area contributed by atoms with Gasteiger partial charge in [-0.2, -0.15) is 0 Å². The fourth-order valence-corrected chi connectivity index (χ4v) is 10.3. The van der Waals surface area contributed by atoms with Crippen molar-refractivity contribution in [3.63, 3.8) is 0 Å². The zero-order valence-corrected chi connectivity index (χ0v) is 76.3. The molecule has 0 saturated heterocycles. The molecule has 0 radical (unpaired) electrons. The van der Waals surface area contributed by atoms with Crippen molar-refractivity contribution in [1.82, 2.24) is 45.7 Å². The van der Waals surface area contributed by atoms with Gasteiger partial charge in [0.25, 0.3) is 0 Å². The second-order valence-electron chi connectivity index (χ2n) is 27.2. The zero-order valence-electron chi connectivity index (χ0n) is 76.3. The third kappa shape index (κ3) is 33.6. The van der Waals surface area contributed by atoms with Crippen LogP contribution in [0.25, 0.3) is 0 Å². The highest BCUT2D eigenvalue weighted by atomic mass is 16.5. The number of imidazole rings is 4. The second-order valence-corrected chi connectivity index (χ2v) is 27.2. The Hall–Kier alpha value is -16.4. The topological polar surface area (TPSA) is 447 Å². The van der Waals surface area contributed by atoms with E-state index in [1.807, 2.05) is 357 Å². The predicted octanol–water partition coefficient (Wildman–Crippen LogP) is 6.33. The van der Waals surface area contributed by atoms with Gasteiger partial charge in [0.15, 0.2) is 58.5 Å². The molecule has 0 aliphatic carbocycles. The minimum atomic E-state index is 0.0457. The number of amidine groups is 3. The molecular formula is C83H112N40O6+6. The van der Waals surface area contributed by atoms with Gasteiger partial charge in [0.2, 0.25) is 11.2 Å². The lowest BCUT2D eigenvalue weighted by atomic mass is 10.4. The van der Waals surface area contributed by atoms with Crippen LogP contribution in [0.5, 0.6) is 23.0 Å². The predicted molar refractivity (Wildman–Crippen MR) is 478 cm³/mol. The summed E-state index contributed by atoms with van der Waals surface area (Å²) in [5.41, 5.74) is 4.05. The SMILES string of the molecule is C/C(N=Nc1cccc[n+]1C)=N\N=c1/ccccn1CCO.C/C(N=Nc1n(C)cc[n+]1C)=N\N=c1n(C)ccn1C.COc1cc[n+](C)c(N=N/C(C)=N/N=c2\cc(OC)ccn2C)c1.COc1cc[n+](C)c(N=N/C=N/N=c2\cc(OC)ccn2C)c1.C[n+]1ccccc1N=N/C=N/N=c1\ccccn1CCO.Cn1cc[n+](C)c1N=N/C=N/N=c1n(C)ccn1C. The standard InChI is InChI=1S/C16H21N6O2.C15H19N6O2.C15H19N6O.C14H17N6O.C12H19N8.C11H17N8/c1-12(17-19-15-10-13(23-4)6-8-21(15)2)18-20-16-11-14(24-5)7-9-22(16)3;1-20-7-5-12(22-3)9-14(20)18-16-11-17-19-15-10-13(23-4)6-8-21(15)2;1-13(16-18-14-7-3-5-9-20(14)2)17-19-15-8-4-6-10-21(15)11-12-22;1-19-8-4-2-6-13(19)17-15-12-16-18-14-7-3-5-9-20(14)10-11-21;1-10(13-15-11-17(2)6-7-18(11)3)14-16-12-19(4)8-9-20(12)5;1-16-5-6-17(2)10(16)14-12-9-13-15-11-18(3)7-8-19(11)4/h6-11H,1-5H3;5-11H,1-4H3;3-10,22H,11-12H2,1-2H3;2-9,12,21H,10-11H2,1H3;6-9H,1-5H3;5-9H,1-4H3/q6*+1. The quantitative estimate of drug-likeness (QED) is 0.0242. The van der Waals surface area contributed by atoms with Gasteiger partial charge >= 0.3 is 35.2 Å². The van der Waals surface area contributed by atoms with Crippen LogP contribution in [0, 0.1) is 0 Å². The summed E-state index contributed by atoms with van der Waals surface area (Å²) in [7, 11) is 32.9. The molecule has 0 aliphatic heterocycles. The molecule has 0 unspecified atom stereocenters. The van der Waals surface area contributed by atoms with E-state index in [1.54, 1.807) is 84.1 Å². The Morgan fingerprint density at radius 3 is 1.12 bits per heavy atom. The minimum absolute atomic E-state index is 0.0457. The van der Waals surface area contributed by atoms with Crippen molar-refractivity contribution in [2.45, 2.75) is 33.9 Å². The van der Waals surface area contributed by atoms with Crippen molar-refractivity contribution < 1.29 is 56.6 Å². The van der Waals surface area contributed by atoms with Crippen LogP contribution < -0.4 is 79.5 Å². The molecule has 0 aromatic carbocycles. The van der Waals surface area contributed by atoms with Gasteiger partial charge in [0.1, 0.15) is 23.0 Å². The molecule has 0 amide bonds. The second kappa shape index (κ2) is 53.6. The van der Waals surface area contributed by atoms with Crippen LogP contribution in [0.2, 0.25) is 0 Å². The van der Waals surface area contributed by atoms with Crippen LogP contribution in [0.4, 0.5) is 35.2 Å². The third-order valence-electron chi connectivity index (χ3n) is 17.5. The summed E-state index contributed by atoms with van der Waals surface area (Å²) in [6.45, 7) is 6.25. The summed E-state index contributed by atoms with van der Waals surface area (Å²) in [6, 6.07) is 36.9. The number of aryl methyl sites for hydroxylation is 14. The van der Waals surface area contributed by atoms with E-state index in [-0.39, 0.29) is 13.2 Å². The van der Waals surface area contributed by atoms with Crippen LogP contribution in [0.3, 0.4) is 0 Å². The average Bonchev–Trinajstić information content (AvgIpc) is 1.56. The van der Waals surface area contributed by atoms with Gasteiger partial charge in [-0.15, -0.1) is 61.2 Å². The highest BCUT2D eigenvalue weighted by molar-refractivity contribution is 5.80. The molecule has 46 nitrogen and oxygen atoms in total. The monoisotopic (exact) mass is 1760 g/mol. The minimum Gasteiger partial charge on any atom is -0.497 e. The van der Waals surface area contributed by atoms with Crippen LogP contribution in [-0.4, -0.2) is 134 Å². The number of aromatic nitrogens is 16. The van der Waals surface area contributed by atoms with E-state index in [1.165, 1.54) is 19.0 Å². The molecule has 12 aromatic rings. The van der Waals surface area contributed by atoms with Gasteiger partial charge in [0, 0.05) is 172 Å². The number of pyridine rings is 8. The maximum Gasteiger partial charge on any atom is 0.421 e. The number of hydrogen-bond acceptors (Lipinski definition) is 24. The molecule has 12 heterocycles. The Balaban J connectivity index is 0.000000212. The number of rotatable bonds is 23. The molecular weight excluding hydrogens is 1650 g/mol. The van der Waals surface area contributed by atoms with Crippen molar-refractivity contribution in [2.75, 3.05) is 41.7 Å². The maximum atomic E-state index is 9.02. The lowest BCUT2D eigenvalue weighted by molar-refractivity contribution is -0.658. The summed E-state index contributed by atoms with van der Waals surface area (Å²) in [4.78, 5) is 0. The Morgan fingerprint density at radius 2 is 0.667 bits per heavy atom. The van der Waals surface area contributed by atoms with Crippen LogP contribution in [0.1, 0.15) is 20.8 Å². The molecule has 46 heteroatoms. The number of hydrogen-bond donors (Lipinski definition) is 2. The largest absolute Gasteiger partial charge is 0.497 e. The molecule has 674 valence electrons. The first-order valence-corrected chi connectivity index (χ1v) is 39.4. The van der Waals surface area contributed by atoms with Crippen molar-refractivity contribution in [2.24, 2.45) is 221 Å². The first kappa shape index (κ1) is 99.7. The number of aliphatic hydroxyl groups is 2. The number of methoxy groups -OCH3 is 4. The van der Waals surface area contributed by atoms with E-state index in [0.29, 0.717) is 87.2 Å². The summed E-state index contributed by atoms with van der Waals surface area (Å²) in [6.07, 6.45) is 34.0. The fraction of sp³-hybridized carbons (Fsp3) is 0.301. The fourth-order valence-electron chi connectivity index (χ4n) is 10.3. The lowest BCUT2D eigenvalue weighted by Crippen LogP contribution is -2.27. The van der Waals surface area contributed by atoms with E-state index in [4.69, 9.17) is 29.2 Å². The Morgan fingerprint density at radius 1 is 0.310 bits per heavy atom. The Labute approximate surface area is 744 Å². The summed E-state index contributed by atoms with van der Waals surface area (Å²) in [5.74, 6) is 8.43. The average molecular weight is 1770 g/mol. The first-order valence-electron chi connectivity index (χ1n) is 39.4. The number of nitrogens with zero attached hydrogens (tertiary/aromatic N) is 40. The summed E-state index contributed by atoms with van der Waals surface area (Å²) in [5, 5.41) is 115. The van der Waals surface area contributed by atoms with Crippen molar-refractivity contribution in [1.29, 1.82) is 0 Å². The van der Waals surface area contributed by atoms with Gasteiger partial charge in [-0.1, -0.05) is 34.5 Å². The highest BCUT2D eigenvalue weighted by Crippen LogP contribution is 2.17. The normalized spacial score (nSPS) is 12.5. The number of azo groups is 6. The van der Waals surface area contributed by atoms with Crippen molar-refractivity contribution >= 4 is 71.7 Å². The zero-order chi connectivity index (χ0) is 93.4. The van der Waals surface area contributed by atoms with Crippen LogP contribution in [-0.2, 0) is 112 Å². The van der Waals surface area contributed by atoms with E-state index >= 15 is 0 Å². The molecule has 0 fully saturated rings. The van der Waals surface area contributed by atoms with E-state index < -0.39 is 0 Å². The molecule has 0 bridgehead atoms. The molecule has 0 saturated carbocycles. The number of ether oxygens (including phenoxy) is 4. The smallest absolute Gasteiger partial charge is 0.421 e. The van der Waals surface area contributed by atoms with Gasteiger partial charge in [-0.25, -0.2) is 36.5 Å². The summed E-state index contributed by atoms with van der Waals surface area (Å²) < 4.78 is 50.3. The molecule has 2 N–H and O–H groups in total. The molecule has 0 atom stereocenters. The Bertz CT molecular complexity index is 6410. The van der Waals surface area contributed by atoms with Crippen LogP contribution in [0.15, 0.2) is 343 Å². The van der Waals surface area contributed by atoms with Crippen molar-refractivity contribution in [3.05, 3.63) is 254 Å². The van der Waals surface area contributed by atoms with E-state index in [9.17, 15) is 0 Å². The van der Waals surface area contributed by atoms with Gasteiger partial charge in [-0.05, 0) is 69.0 Å². The van der Waals surface area contributed by atoms with E-state index in [0.717, 1.165) is 34.8 Å². The van der Waals surface area contributed by atoms with Gasteiger partial charge < -0.3 is 65.7 Å². The van der Waals surface area contributed by atoms with Crippen LogP contribution >= 0.6 is 0 Å². The maximum absolute atomic E-state index is 9.02. The molecule has 12 rings (SSSR count). The molecule has 0 spiro atoms.